The standard InChI is InChI=1S/C36H61NO12/c1-13-24-36(10)29(39)19(4)27(49-36)17(2)15-34(8,42)31(48-33-26(38)23(37-11)14-18(3)44-33)20(5)28(21(6)32(41)46-24)47-25-16-35(9,43-12)30(40)22(7)45-25/h17-18,20-26,28,30-31,33,37-38,40,42H,13-16H2,1-12H3/t17-,18-,20+,21-,22+,23+,24-,25+,26-,28+,30+,31-,33+,34-,35-,36?/m1/s1. The number of cyclic esters (lactones) is 1. The number of carbonyl (C=O) groups excluding carboxylic acids is 2. The molecule has 16 atom stereocenters. The highest BCUT2D eigenvalue weighted by Crippen LogP contribution is 2.44. The van der Waals surface area contributed by atoms with E-state index in [4.69, 9.17) is 33.2 Å². The Kier molecular flexibility index (Phi) is 12.4. The maximum Gasteiger partial charge on any atom is 0.311 e. The number of ether oxygens (including phenoxy) is 7. The molecule has 2 bridgehead atoms. The Morgan fingerprint density at radius 1 is 1.00 bits per heavy atom. The molecule has 49 heavy (non-hydrogen) atoms. The van der Waals surface area contributed by atoms with E-state index in [0.29, 0.717) is 24.2 Å². The van der Waals surface area contributed by atoms with Gasteiger partial charge in [0, 0.05) is 37.0 Å². The highest BCUT2D eigenvalue weighted by molar-refractivity contribution is 6.04. The Bertz CT molecular complexity index is 1230. The Labute approximate surface area is 291 Å². The number of allylic oxidation sites excluding steroid dienone is 1. The molecule has 0 aliphatic carbocycles. The van der Waals surface area contributed by atoms with E-state index >= 15 is 0 Å². The summed E-state index contributed by atoms with van der Waals surface area (Å²) < 4.78 is 43.7. The second-order valence-electron chi connectivity index (χ2n) is 15.5. The van der Waals surface area contributed by atoms with Crippen LogP contribution in [0.4, 0.5) is 0 Å². The molecule has 1 unspecified atom stereocenters. The number of aliphatic hydroxyl groups excluding tert-OH is 2. The number of fused-ring (bicyclic) bond motifs is 2. The average Bonchev–Trinajstić information content (AvgIpc) is 3.28. The van der Waals surface area contributed by atoms with Crippen LogP contribution in [0.3, 0.4) is 0 Å². The minimum Gasteiger partial charge on any atom is -0.479 e. The predicted molar refractivity (Wildman–Crippen MR) is 178 cm³/mol. The Balaban J connectivity index is 1.82. The third-order valence-corrected chi connectivity index (χ3v) is 11.4. The molecule has 282 valence electrons. The Hall–Kier alpha value is -1.68. The van der Waals surface area contributed by atoms with Crippen LogP contribution in [0, 0.1) is 17.8 Å². The quantitative estimate of drug-likeness (QED) is 0.286. The van der Waals surface area contributed by atoms with Gasteiger partial charge in [-0.2, -0.15) is 0 Å². The van der Waals surface area contributed by atoms with E-state index in [0.717, 1.165) is 0 Å². The number of likely N-dealkylation sites (N-methyl/N-ethyl adjacent to an activating group) is 1. The summed E-state index contributed by atoms with van der Waals surface area (Å²) in [6.07, 6.45) is -6.78. The van der Waals surface area contributed by atoms with Crippen LogP contribution in [0.1, 0.15) is 94.9 Å². The number of aliphatic hydroxyl groups is 3. The zero-order valence-electron chi connectivity index (χ0n) is 31.3. The molecule has 0 radical (unpaired) electrons. The summed E-state index contributed by atoms with van der Waals surface area (Å²) in [5.74, 6) is -2.62. The zero-order valence-corrected chi connectivity index (χ0v) is 31.3. The van der Waals surface area contributed by atoms with Gasteiger partial charge < -0.3 is 53.8 Å². The monoisotopic (exact) mass is 699 g/mol. The molecule has 0 amide bonds. The third kappa shape index (κ3) is 7.75. The lowest BCUT2D eigenvalue weighted by molar-refractivity contribution is -0.315. The summed E-state index contributed by atoms with van der Waals surface area (Å²) in [4.78, 5) is 27.9. The number of carbonyl (C=O) groups is 2. The fraction of sp³-hybridized carbons (Fsp3) is 0.889. The molecule has 4 aliphatic heterocycles. The van der Waals surface area contributed by atoms with Crippen LogP contribution in [0.2, 0.25) is 0 Å². The molecule has 0 aromatic heterocycles. The molecule has 4 heterocycles. The summed E-state index contributed by atoms with van der Waals surface area (Å²) in [5, 5.41) is 37.7. The van der Waals surface area contributed by atoms with Crippen LogP contribution >= 0.6 is 0 Å². The molecule has 13 heteroatoms. The van der Waals surface area contributed by atoms with Crippen molar-refractivity contribution in [3.05, 3.63) is 11.3 Å². The van der Waals surface area contributed by atoms with Gasteiger partial charge in [0.25, 0.3) is 0 Å². The van der Waals surface area contributed by atoms with E-state index in [9.17, 15) is 24.9 Å². The second-order valence-corrected chi connectivity index (χ2v) is 15.5. The van der Waals surface area contributed by atoms with Gasteiger partial charge in [-0.1, -0.05) is 20.8 Å². The molecule has 4 aliphatic rings. The van der Waals surface area contributed by atoms with Crippen LogP contribution in [0.25, 0.3) is 0 Å². The maximum atomic E-state index is 14.1. The van der Waals surface area contributed by atoms with E-state index in [-0.39, 0.29) is 30.8 Å². The lowest BCUT2D eigenvalue weighted by Crippen LogP contribution is -2.60. The van der Waals surface area contributed by atoms with Gasteiger partial charge in [0.05, 0.1) is 41.5 Å². The lowest BCUT2D eigenvalue weighted by Gasteiger charge is -2.48. The first kappa shape index (κ1) is 40.1. The highest BCUT2D eigenvalue weighted by atomic mass is 16.7. The lowest BCUT2D eigenvalue weighted by atomic mass is 9.77. The summed E-state index contributed by atoms with van der Waals surface area (Å²) in [6, 6.07) is -0.326. The van der Waals surface area contributed by atoms with Crippen molar-refractivity contribution in [3.8, 4) is 0 Å². The second kappa shape index (κ2) is 15.1. The van der Waals surface area contributed by atoms with Crippen LogP contribution < -0.4 is 5.32 Å². The van der Waals surface area contributed by atoms with Crippen LogP contribution in [-0.2, 0) is 42.7 Å². The van der Waals surface area contributed by atoms with Gasteiger partial charge in [-0.15, -0.1) is 0 Å². The average molecular weight is 700 g/mol. The summed E-state index contributed by atoms with van der Waals surface area (Å²) in [6.45, 7) is 17.5. The van der Waals surface area contributed by atoms with Crippen molar-refractivity contribution in [1.82, 2.24) is 5.32 Å². The largest absolute Gasteiger partial charge is 0.479 e. The molecule has 0 saturated carbocycles. The molecule has 4 N–H and O–H groups in total. The number of ketones is 1. The van der Waals surface area contributed by atoms with Crippen molar-refractivity contribution in [2.45, 2.75) is 173 Å². The zero-order chi connectivity index (χ0) is 36.8. The van der Waals surface area contributed by atoms with Crippen molar-refractivity contribution in [2.24, 2.45) is 17.8 Å². The minimum atomic E-state index is -1.63. The van der Waals surface area contributed by atoms with Gasteiger partial charge in [-0.05, 0) is 74.8 Å². The van der Waals surface area contributed by atoms with Gasteiger partial charge >= 0.3 is 5.97 Å². The first-order valence-electron chi connectivity index (χ1n) is 17.8. The Morgan fingerprint density at radius 2 is 1.65 bits per heavy atom. The van der Waals surface area contributed by atoms with Crippen molar-refractivity contribution < 1.29 is 58.1 Å². The number of rotatable bonds is 7. The van der Waals surface area contributed by atoms with Crippen LogP contribution in [0.5, 0.6) is 0 Å². The number of nitrogens with one attached hydrogen (secondary N) is 1. The van der Waals surface area contributed by atoms with Gasteiger partial charge in [0.1, 0.15) is 24.1 Å². The molecule has 0 aromatic carbocycles. The minimum absolute atomic E-state index is 0.101. The van der Waals surface area contributed by atoms with Gasteiger partial charge in [0.2, 0.25) is 11.4 Å². The van der Waals surface area contributed by atoms with Crippen LogP contribution in [-0.4, -0.2) is 119 Å². The van der Waals surface area contributed by atoms with Crippen molar-refractivity contribution in [1.29, 1.82) is 0 Å². The molecule has 3 saturated heterocycles. The van der Waals surface area contributed by atoms with Crippen LogP contribution in [0.15, 0.2) is 11.3 Å². The molecular weight excluding hydrogens is 638 g/mol. The van der Waals surface area contributed by atoms with Crippen molar-refractivity contribution >= 4 is 11.8 Å². The SMILES string of the molecule is CC[C@H]1OC(=O)[C@H](C)[C@@H](O[C@H]2C[C@@](C)(OC)[C@@H](O)[C@H](C)O2)[C@H](C)[C@@H](O[C@@H]2O[C@H](C)C[C@H](NC)[C@H]2O)[C@](C)(O)C[C@@H](C)C2=C(C)C(=O)C1(C)O2. The molecule has 3 fully saturated rings. The van der Waals surface area contributed by atoms with E-state index in [1.54, 1.807) is 48.6 Å². The van der Waals surface area contributed by atoms with E-state index in [1.807, 2.05) is 27.7 Å². The fourth-order valence-electron chi connectivity index (χ4n) is 8.39. The summed E-state index contributed by atoms with van der Waals surface area (Å²) in [7, 11) is 3.27. The van der Waals surface area contributed by atoms with Gasteiger partial charge in [-0.3, -0.25) is 9.59 Å². The summed E-state index contributed by atoms with van der Waals surface area (Å²) in [5.41, 5.74) is -3.66. The highest BCUT2D eigenvalue weighted by Gasteiger charge is 2.56. The fourth-order valence-corrected chi connectivity index (χ4v) is 8.39. The molecule has 0 aromatic rings. The molecule has 4 rings (SSSR count). The third-order valence-electron chi connectivity index (χ3n) is 11.4. The van der Waals surface area contributed by atoms with E-state index < -0.39 is 89.7 Å². The normalized spacial score (nSPS) is 48.7. The smallest absolute Gasteiger partial charge is 0.311 e. The first-order chi connectivity index (χ1) is 22.7. The van der Waals surface area contributed by atoms with Gasteiger partial charge in [0.15, 0.2) is 12.6 Å². The Morgan fingerprint density at radius 3 is 2.24 bits per heavy atom. The number of esters is 1. The molecule has 0 spiro atoms. The number of hydrogen-bond acceptors (Lipinski definition) is 13. The topological polar surface area (TPSA) is 171 Å². The number of hydrogen-bond donors (Lipinski definition) is 4. The predicted octanol–water partition coefficient (Wildman–Crippen LogP) is 2.76. The van der Waals surface area contributed by atoms with E-state index in [2.05, 4.69) is 5.32 Å². The summed E-state index contributed by atoms with van der Waals surface area (Å²) >= 11 is 0. The maximum absolute atomic E-state index is 14.1. The van der Waals surface area contributed by atoms with Gasteiger partial charge in [-0.25, -0.2) is 0 Å². The number of Topliss-reactive ketones (excluding diaryl/α,β-unsaturated/α-hetero) is 1. The number of methoxy groups -OCH3 is 1. The van der Waals surface area contributed by atoms with Crippen molar-refractivity contribution in [3.63, 3.8) is 0 Å². The first-order valence-corrected chi connectivity index (χ1v) is 17.8. The van der Waals surface area contributed by atoms with Crippen molar-refractivity contribution in [2.75, 3.05) is 14.2 Å². The van der Waals surface area contributed by atoms with E-state index in [1.165, 1.54) is 7.11 Å². The molecular formula is C36H61NO12. The molecule has 13 nitrogen and oxygen atoms in total.